The predicted molar refractivity (Wildman–Crippen MR) is 73.6 cm³/mol. The first-order valence-electron chi connectivity index (χ1n) is 5.29. The van der Waals surface area contributed by atoms with Gasteiger partial charge in [-0.3, -0.25) is 4.79 Å². The summed E-state index contributed by atoms with van der Waals surface area (Å²) in [7, 11) is 0. The predicted octanol–water partition coefficient (Wildman–Crippen LogP) is 4.67. The van der Waals surface area contributed by atoms with E-state index in [0.717, 1.165) is 4.47 Å². The van der Waals surface area contributed by atoms with Crippen LogP contribution in [0.5, 0.6) is 0 Å². The monoisotopic (exact) mass is 326 g/mol. The second kappa shape index (κ2) is 5.63. The van der Waals surface area contributed by atoms with Crippen LogP contribution in [-0.2, 0) is 6.42 Å². The van der Waals surface area contributed by atoms with Crippen LogP contribution in [0.1, 0.15) is 15.9 Å². The first kappa shape index (κ1) is 13.2. The van der Waals surface area contributed by atoms with Crippen LogP contribution in [-0.4, -0.2) is 5.78 Å². The van der Waals surface area contributed by atoms with Crippen molar-refractivity contribution in [1.82, 2.24) is 0 Å². The lowest BCUT2D eigenvalue weighted by atomic mass is 10.0. The normalized spacial score (nSPS) is 10.4. The summed E-state index contributed by atoms with van der Waals surface area (Å²) < 4.78 is 14.1. The van der Waals surface area contributed by atoms with E-state index in [1.807, 2.05) is 6.07 Å². The Hall–Kier alpha value is -1.19. The number of carbonyl (C=O) groups is 1. The lowest BCUT2D eigenvalue weighted by Gasteiger charge is -2.03. The zero-order chi connectivity index (χ0) is 13.1. The lowest BCUT2D eigenvalue weighted by Crippen LogP contribution is -2.03. The van der Waals surface area contributed by atoms with Crippen LogP contribution in [0.25, 0.3) is 0 Å². The zero-order valence-corrected chi connectivity index (χ0v) is 11.6. The molecule has 1 nitrogen and oxygen atoms in total. The van der Waals surface area contributed by atoms with E-state index in [2.05, 4.69) is 15.9 Å². The minimum atomic E-state index is -0.504. The zero-order valence-electron chi connectivity index (χ0n) is 9.29. The van der Waals surface area contributed by atoms with E-state index in [1.165, 1.54) is 12.1 Å². The molecule has 4 heteroatoms. The van der Waals surface area contributed by atoms with Crippen LogP contribution in [0.15, 0.2) is 46.9 Å². The molecule has 0 unspecified atom stereocenters. The molecular weight excluding hydrogens is 319 g/mol. The molecule has 0 spiro atoms. The first-order valence-corrected chi connectivity index (χ1v) is 6.46. The van der Waals surface area contributed by atoms with E-state index in [-0.39, 0.29) is 17.2 Å². The van der Waals surface area contributed by atoms with Crippen LogP contribution < -0.4 is 0 Å². The van der Waals surface area contributed by atoms with Gasteiger partial charge in [-0.05, 0) is 29.8 Å². The van der Waals surface area contributed by atoms with Crippen molar-refractivity contribution in [3.63, 3.8) is 0 Å². The summed E-state index contributed by atoms with van der Waals surface area (Å²) in [6, 6.07) is 11.5. The highest BCUT2D eigenvalue weighted by Crippen LogP contribution is 2.18. The number of ketones is 1. The number of rotatable bonds is 3. The van der Waals surface area contributed by atoms with Crippen molar-refractivity contribution in [1.29, 1.82) is 0 Å². The standard InChI is InChI=1S/C14H9BrClFO/c15-11-3-1-2-10(8-11)14(18)7-9-4-5-12(16)13(17)6-9/h1-6,8H,7H2. The van der Waals surface area contributed by atoms with Crippen molar-refractivity contribution in [2.75, 3.05) is 0 Å². The Morgan fingerprint density at radius 1 is 1.22 bits per heavy atom. The largest absolute Gasteiger partial charge is 0.294 e. The van der Waals surface area contributed by atoms with Gasteiger partial charge in [-0.15, -0.1) is 0 Å². The fraction of sp³-hybridized carbons (Fsp3) is 0.0714. The fourth-order valence-electron chi connectivity index (χ4n) is 1.60. The Morgan fingerprint density at radius 3 is 2.67 bits per heavy atom. The quantitative estimate of drug-likeness (QED) is 0.749. The van der Waals surface area contributed by atoms with Crippen molar-refractivity contribution in [3.05, 3.63) is 68.9 Å². The van der Waals surface area contributed by atoms with Crippen LogP contribution in [0.3, 0.4) is 0 Å². The summed E-state index contributed by atoms with van der Waals surface area (Å²) in [6.07, 6.45) is 0.157. The molecule has 0 amide bonds. The molecule has 2 aromatic rings. The highest BCUT2D eigenvalue weighted by atomic mass is 79.9. The molecule has 0 aliphatic rings. The average Bonchev–Trinajstić information content (AvgIpc) is 2.34. The summed E-state index contributed by atoms with van der Waals surface area (Å²) in [5.41, 5.74) is 1.21. The lowest BCUT2D eigenvalue weighted by molar-refractivity contribution is 0.0993. The Balaban J connectivity index is 2.18. The van der Waals surface area contributed by atoms with Crippen LogP contribution in [0.2, 0.25) is 5.02 Å². The van der Waals surface area contributed by atoms with Crippen molar-refractivity contribution >= 4 is 33.3 Å². The highest BCUT2D eigenvalue weighted by molar-refractivity contribution is 9.10. The molecule has 0 atom stereocenters. The van der Waals surface area contributed by atoms with E-state index in [1.54, 1.807) is 24.3 Å². The number of hydrogen-bond acceptors (Lipinski definition) is 1. The number of carbonyl (C=O) groups excluding carboxylic acids is 1. The second-order valence-corrected chi connectivity index (χ2v) is 5.18. The van der Waals surface area contributed by atoms with Gasteiger partial charge in [0, 0.05) is 16.5 Å². The number of hydrogen-bond donors (Lipinski definition) is 0. The smallest absolute Gasteiger partial charge is 0.167 e. The SMILES string of the molecule is O=C(Cc1ccc(Cl)c(F)c1)c1cccc(Br)c1. The van der Waals surface area contributed by atoms with Gasteiger partial charge in [-0.25, -0.2) is 4.39 Å². The topological polar surface area (TPSA) is 17.1 Å². The molecule has 92 valence electrons. The molecule has 0 N–H and O–H groups in total. The van der Waals surface area contributed by atoms with Crippen LogP contribution >= 0.6 is 27.5 Å². The van der Waals surface area contributed by atoms with Gasteiger partial charge in [-0.2, -0.15) is 0 Å². The molecule has 0 radical (unpaired) electrons. The van der Waals surface area contributed by atoms with Crippen LogP contribution in [0.4, 0.5) is 4.39 Å². The van der Waals surface area contributed by atoms with Gasteiger partial charge >= 0.3 is 0 Å². The van der Waals surface area contributed by atoms with E-state index in [0.29, 0.717) is 11.1 Å². The molecule has 2 rings (SSSR count). The van der Waals surface area contributed by atoms with E-state index in [9.17, 15) is 9.18 Å². The van der Waals surface area contributed by atoms with E-state index >= 15 is 0 Å². The highest BCUT2D eigenvalue weighted by Gasteiger charge is 2.09. The molecule has 0 aliphatic carbocycles. The number of benzene rings is 2. The maximum absolute atomic E-state index is 13.2. The van der Waals surface area contributed by atoms with E-state index in [4.69, 9.17) is 11.6 Å². The molecule has 0 aromatic heterocycles. The first-order chi connectivity index (χ1) is 8.56. The minimum absolute atomic E-state index is 0.0574. The summed E-state index contributed by atoms with van der Waals surface area (Å²) in [6.45, 7) is 0. The Morgan fingerprint density at radius 2 is 2.00 bits per heavy atom. The third-order valence-corrected chi connectivity index (χ3v) is 3.30. The fourth-order valence-corrected chi connectivity index (χ4v) is 2.12. The maximum atomic E-state index is 13.2. The van der Waals surface area contributed by atoms with Gasteiger partial charge in [0.1, 0.15) is 5.82 Å². The summed E-state index contributed by atoms with van der Waals surface area (Å²) in [5.74, 6) is -0.561. The second-order valence-electron chi connectivity index (χ2n) is 3.86. The molecule has 0 aliphatic heterocycles. The molecule has 0 saturated carbocycles. The summed E-state index contributed by atoms with van der Waals surface area (Å²) in [4.78, 5) is 12.0. The maximum Gasteiger partial charge on any atom is 0.167 e. The van der Waals surface area contributed by atoms with Gasteiger partial charge in [-0.1, -0.05) is 45.7 Å². The third-order valence-electron chi connectivity index (χ3n) is 2.50. The van der Waals surface area contributed by atoms with Crippen molar-refractivity contribution in [3.8, 4) is 0 Å². The van der Waals surface area contributed by atoms with Crippen LogP contribution in [0, 0.1) is 5.82 Å². The molecule has 18 heavy (non-hydrogen) atoms. The average molecular weight is 328 g/mol. The van der Waals surface area contributed by atoms with Gasteiger partial charge in [0.2, 0.25) is 0 Å². The molecule has 0 fully saturated rings. The number of halogens is 3. The summed E-state index contributed by atoms with van der Waals surface area (Å²) in [5, 5.41) is 0.0636. The molecule has 0 bridgehead atoms. The minimum Gasteiger partial charge on any atom is -0.294 e. The summed E-state index contributed by atoms with van der Waals surface area (Å²) >= 11 is 8.90. The van der Waals surface area contributed by atoms with Crippen molar-refractivity contribution in [2.45, 2.75) is 6.42 Å². The molecular formula is C14H9BrClFO. The van der Waals surface area contributed by atoms with Gasteiger partial charge in [0.05, 0.1) is 5.02 Å². The van der Waals surface area contributed by atoms with Crippen molar-refractivity contribution < 1.29 is 9.18 Å². The van der Waals surface area contributed by atoms with Crippen molar-refractivity contribution in [2.24, 2.45) is 0 Å². The molecule has 0 heterocycles. The van der Waals surface area contributed by atoms with Gasteiger partial charge in [0.25, 0.3) is 0 Å². The Bertz CT molecular complexity index is 598. The van der Waals surface area contributed by atoms with E-state index < -0.39 is 5.82 Å². The third kappa shape index (κ3) is 3.18. The molecule has 2 aromatic carbocycles. The van der Waals surface area contributed by atoms with Gasteiger partial charge in [0.15, 0.2) is 5.78 Å². The number of Topliss-reactive ketones (excluding diaryl/α,β-unsaturated/α-hetero) is 1. The van der Waals surface area contributed by atoms with Gasteiger partial charge < -0.3 is 0 Å². The molecule has 0 saturated heterocycles. The Kier molecular flexibility index (Phi) is 4.15. The Labute approximate surface area is 118 Å².